The molecule has 0 N–H and O–H groups in total. The van der Waals surface area contributed by atoms with Gasteiger partial charge in [-0.25, -0.2) is 0 Å². The monoisotopic (exact) mass is 355 g/mol. The normalized spacial score (nSPS) is 14.0. The zero-order valence-electron chi connectivity index (χ0n) is 15.0. The number of ether oxygens (including phenoxy) is 3. The second-order valence-corrected chi connectivity index (χ2v) is 5.97. The standard InChI is InChI=1S/C20H21NO5/c1-24-17-10-14(11-18(25-2)19(17)26-3)16(8-9-22)21-12-13-6-4-5-7-15(13)20(21)23/h4-7,9-11,16H,8,12H2,1-3H3. The van der Waals surface area contributed by atoms with Crippen molar-refractivity contribution in [1.82, 2.24) is 4.90 Å². The predicted molar refractivity (Wildman–Crippen MR) is 95.8 cm³/mol. The van der Waals surface area contributed by atoms with Gasteiger partial charge in [0.2, 0.25) is 5.75 Å². The van der Waals surface area contributed by atoms with E-state index < -0.39 is 6.04 Å². The second-order valence-electron chi connectivity index (χ2n) is 5.97. The van der Waals surface area contributed by atoms with Crippen LogP contribution in [-0.4, -0.2) is 38.4 Å². The molecule has 2 aromatic rings. The SMILES string of the molecule is COc1cc(C(CC=O)N2Cc3ccccc3C2=O)cc(OC)c1OC. The highest BCUT2D eigenvalue weighted by Crippen LogP contribution is 2.42. The molecule has 26 heavy (non-hydrogen) atoms. The van der Waals surface area contributed by atoms with Gasteiger partial charge in [-0.15, -0.1) is 0 Å². The fourth-order valence-corrected chi connectivity index (χ4v) is 3.36. The van der Waals surface area contributed by atoms with E-state index >= 15 is 0 Å². The van der Waals surface area contributed by atoms with Crippen LogP contribution in [0.3, 0.4) is 0 Å². The Bertz CT molecular complexity index is 808. The number of carbonyl (C=O) groups is 2. The van der Waals surface area contributed by atoms with Crippen LogP contribution in [0.5, 0.6) is 17.2 Å². The zero-order chi connectivity index (χ0) is 18.7. The Labute approximate surface area is 152 Å². The van der Waals surface area contributed by atoms with Gasteiger partial charge in [0.1, 0.15) is 6.29 Å². The van der Waals surface area contributed by atoms with Gasteiger partial charge in [-0.3, -0.25) is 4.79 Å². The lowest BCUT2D eigenvalue weighted by Gasteiger charge is -2.28. The molecule has 0 saturated heterocycles. The van der Waals surface area contributed by atoms with Crippen LogP contribution in [0.25, 0.3) is 0 Å². The Kier molecular flexibility index (Phi) is 5.11. The molecular weight excluding hydrogens is 334 g/mol. The molecule has 2 aromatic carbocycles. The number of carbonyl (C=O) groups excluding carboxylic acids is 2. The lowest BCUT2D eigenvalue weighted by molar-refractivity contribution is -0.108. The van der Waals surface area contributed by atoms with Crippen molar-refractivity contribution in [2.24, 2.45) is 0 Å². The van der Waals surface area contributed by atoms with Gasteiger partial charge in [0, 0.05) is 18.5 Å². The highest BCUT2D eigenvalue weighted by Gasteiger charge is 2.34. The van der Waals surface area contributed by atoms with Crippen molar-refractivity contribution >= 4 is 12.2 Å². The van der Waals surface area contributed by atoms with Crippen LogP contribution in [0.15, 0.2) is 36.4 Å². The second kappa shape index (κ2) is 7.47. The third kappa shape index (κ3) is 2.98. The first-order valence-electron chi connectivity index (χ1n) is 8.27. The van der Waals surface area contributed by atoms with Crippen LogP contribution in [0.4, 0.5) is 0 Å². The van der Waals surface area contributed by atoms with Gasteiger partial charge in [-0.05, 0) is 29.3 Å². The molecule has 1 aliphatic heterocycles. The zero-order valence-corrected chi connectivity index (χ0v) is 15.0. The summed E-state index contributed by atoms with van der Waals surface area (Å²) in [6.45, 7) is 0.462. The molecule has 6 heteroatoms. The molecule has 0 saturated carbocycles. The number of hydrogen-bond acceptors (Lipinski definition) is 5. The summed E-state index contributed by atoms with van der Waals surface area (Å²) in [6.07, 6.45) is 1.00. The van der Waals surface area contributed by atoms with Crippen molar-refractivity contribution in [2.45, 2.75) is 19.0 Å². The van der Waals surface area contributed by atoms with Crippen molar-refractivity contribution in [3.05, 3.63) is 53.1 Å². The number of nitrogens with zero attached hydrogens (tertiary/aromatic N) is 1. The van der Waals surface area contributed by atoms with Gasteiger partial charge in [0.15, 0.2) is 11.5 Å². The largest absolute Gasteiger partial charge is 0.493 e. The third-order valence-corrected chi connectivity index (χ3v) is 4.62. The third-order valence-electron chi connectivity index (χ3n) is 4.62. The Morgan fingerprint density at radius 2 is 1.73 bits per heavy atom. The molecule has 0 aliphatic carbocycles. The summed E-state index contributed by atoms with van der Waals surface area (Å²) in [5.41, 5.74) is 2.39. The molecule has 1 aliphatic rings. The number of benzene rings is 2. The van der Waals surface area contributed by atoms with E-state index in [1.54, 1.807) is 17.0 Å². The maximum atomic E-state index is 12.8. The van der Waals surface area contributed by atoms with Gasteiger partial charge in [0.25, 0.3) is 5.91 Å². The van der Waals surface area contributed by atoms with Crippen molar-refractivity contribution in [2.75, 3.05) is 21.3 Å². The first kappa shape index (κ1) is 17.8. The minimum Gasteiger partial charge on any atom is -0.493 e. The molecule has 0 aromatic heterocycles. The van der Waals surface area contributed by atoms with E-state index in [0.717, 1.165) is 17.4 Å². The van der Waals surface area contributed by atoms with Gasteiger partial charge >= 0.3 is 0 Å². The minimum absolute atomic E-state index is 0.0822. The molecule has 0 fully saturated rings. The number of amides is 1. The average molecular weight is 355 g/mol. The number of fused-ring (bicyclic) bond motifs is 1. The van der Waals surface area contributed by atoms with Crippen molar-refractivity contribution in [1.29, 1.82) is 0 Å². The van der Waals surface area contributed by atoms with Crippen LogP contribution >= 0.6 is 0 Å². The van der Waals surface area contributed by atoms with Crippen LogP contribution in [0, 0.1) is 0 Å². The predicted octanol–water partition coefficient (Wildman–Crippen LogP) is 3.00. The maximum Gasteiger partial charge on any atom is 0.255 e. The molecule has 3 rings (SSSR count). The molecule has 1 heterocycles. The first-order chi connectivity index (χ1) is 12.6. The molecule has 0 radical (unpaired) electrons. The molecule has 1 amide bonds. The topological polar surface area (TPSA) is 65.1 Å². The Morgan fingerprint density at radius 1 is 1.08 bits per heavy atom. The lowest BCUT2D eigenvalue weighted by Crippen LogP contribution is -2.29. The fourth-order valence-electron chi connectivity index (χ4n) is 3.36. The van der Waals surface area contributed by atoms with E-state index in [4.69, 9.17) is 14.2 Å². The van der Waals surface area contributed by atoms with E-state index in [0.29, 0.717) is 29.4 Å². The Morgan fingerprint density at radius 3 is 2.27 bits per heavy atom. The molecular formula is C20H21NO5. The van der Waals surface area contributed by atoms with Crippen LogP contribution in [0.1, 0.15) is 33.9 Å². The van der Waals surface area contributed by atoms with E-state index in [9.17, 15) is 9.59 Å². The number of aldehydes is 1. The smallest absolute Gasteiger partial charge is 0.255 e. The summed E-state index contributed by atoms with van der Waals surface area (Å²) in [5, 5.41) is 0. The van der Waals surface area contributed by atoms with Crippen molar-refractivity contribution in [3.63, 3.8) is 0 Å². The number of hydrogen-bond donors (Lipinski definition) is 0. The molecule has 0 spiro atoms. The Balaban J connectivity index is 2.04. The molecule has 6 nitrogen and oxygen atoms in total. The summed E-state index contributed by atoms with van der Waals surface area (Å²) in [7, 11) is 4.60. The van der Waals surface area contributed by atoms with Crippen LogP contribution in [-0.2, 0) is 11.3 Å². The van der Waals surface area contributed by atoms with Gasteiger partial charge < -0.3 is 23.9 Å². The van der Waals surface area contributed by atoms with Gasteiger partial charge in [-0.2, -0.15) is 0 Å². The molecule has 0 bridgehead atoms. The molecule has 1 atom stereocenters. The maximum absolute atomic E-state index is 12.8. The van der Waals surface area contributed by atoms with E-state index in [-0.39, 0.29) is 12.3 Å². The van der Waals surface area contributed by atoms with Crippen molar-refractivity contribution in [3.8, 4) is 17.2 Å². The van der Waals surface area contributed by atoms with Gasteiger partial charge in [-0.1, -0.05) is 18.2 Å². The lowest BCUT2D eigenvalue weighted by atomic mass is 10.0. The average Bonchev–Trinajstić information content (AvgIpc) is 3.01. The highest BCUT2D eigenvalue weighted by molar-refractivity contribution is 5.98. The van der Waals surface area contributed by atoms with E-state index in [1.165, 1.54) is 21.3 Å². The van der Waals surface area contributed by atoms with E-state index in [1.807, 2.05) is 24.3 Å². The quantitative estimate of drug-likeness (QED) is 0.715. The van der Waals surface area contributed by atoms with E-state index in [2.05, 4.69) is 0 Å². The fraction of sp³-hybridized carbons (Fsp3) is 0.300. The minimum atomic E-state index is -0.416. The summed E-state index contributed by atoms with van der Waals surface area (Å²) in [5.74, 6) is 1.37. The number of methoxy groups -OCH3 is 3. The molecule has 1 unspecified atom stereocenters. The summed E-state index contributed by atoms with van der Waals surface area (Å²) >= 11 is 0. The highest BCUT2D eigenvalue weighted by atomic mass is 16.5. The number of rotatable bonds is 7. The first-order valence-corrected chi connectivity index (χ1v) is 8.27. The molecule has 136 valence electrons. The van der Waals surface area contributed by atoms with Crippen molar-refractivity contribution < 1.29 is 23.8 Å². The van der Waals surface area contributed by atoms with Crippen LogP contribution < -0.4 is 14.2 Å². The summed E-state index contributed by atoms with van der Waals surface area (Å²) in [6, 6.07) is 10.6. The summed E-state index contributed by atoms with van der Waals surface area (Å²) in [4.78, 5) is 25.9. The van der Waals surface area contributed by atoms with Crippen LogP contribution in [0.2, 0.25) is 0 Å². The summed E-state index contributed by atoms with van der Waals surface area (Å²) < 4.78 is 16.2. The van der Waals surface area contributed by atoms with Gasteiger partial charge in [0.05, 0.1) is 27.4 Å². The Hall–Kier alpha value is -3.02.